The molecule has 0 saturated heterocycles. The summed E-state index contributed by atoms with van der Waals surface area (Å²) in [6.45, 7) is 8.00. The fourth-order valence-electron chi connectivity index (χ4n) is 5.33. The molecule has 3 aromatic rings. The molecule has 3 aromatic carbocycles. The normalized spacial score (nSPS) is 10.9. The molecule has 0 atom stereocenters. The molecule has 0 N–H and O–H groups in total. The Labute approximate surface area is 366 Å². The van der Waals surface area contributed by atoms with Crippen LogP contribution in [0.1, 0.15) is 111 Å². The van der Waals surface area contributed by atoms with Crippen molar-refractivity contribution in [2.45, 2.75) is 84.0 Å². The average molecular weight is 970 g/mol. The summed E-state index contributed by atoms with van der Waals surface area (Å²) in [4.78, 5) is 0. The lowest BCUT2D eigenvalue weighted by Gasteiger charge is -2.19. The molecule has 0 bridgehead atoms. The van der Waals surface area contributed by atoms with Gasteiger partial charge in [-0.15, -0.1) is 0 Å². The first kappa shape index (κ1) is 60.9. The second-order valence-corrected chi connectivity index (χ2v) is 11.3. The molecular weight excluding hydrogens is 948 g/mol. The van der Waals surface area contributed by atoms with Gasteiger partial charge in [0.15, 0.2) is 0 Å². The third-order valence-electron chi connectivity index (χ3n) is 7.51. The van der Waals surface area contributed by atoms with Crippen LogP contribution in [0, 0.1) is 102 Å². The van der Waals surface area contributed by atoms with Crippen molar-refractivity contribution < 1.29 is 79.0 Å². The summed E-state index contributed by atoms with van der Waals surface area (Å²) in [7, 11) is 0. The van der Waals surface area contributed by atoms with Crippen LogP contribution in [0.4, 0.5) is 79.0 Å². The lowest BCUT2D eigenvalue weighted by molar-refractivity contribution is -0.162. The topological polar surface area (TPSA) is 214 Å². The largest absolute Gasteiger partial charge is 0.418 e. The highest BCUT2D eigenvalue weighted by Crippen LogP contribution is 2.46. The molecule has 0 fully saturated rings. The Morgan fingerprint density at radius 2 is 0.552 bits per heavy atom. The van der Waals surface area contributed by atoms with Gasteiger partial charge in [-0.1, -0.05) is 27.7 Å². The molecule has 0 aromatic heterocycles. The van der Waals surface area contributed by atoms with Crippen molar-refractivity contribution in [3.63, 3.8) is 0 Å². The van der Waals surface area contributed by atoms with E-state index in [9.17, 15) is 79.0 Å². The number of nitriles is 9. The van der Waals surface area contributed by atoms with Gasteiger partial charge in [-0.2, -0.15) is 126 Å². The van der Waals surface area contributed by atoms with E-state index < -0.39 is 140 Å². The summed E-state index contributed by atoms with van der Waals surface area (Å²) in [6.07, 6.45) is -35.5. The number of nitrogens with zero attached hydrogens (tertiary/aromatic N) is 9. The van der Waals surface area contributed by atoms with E-state index in [1.54, 1.807) is 0 Å². The Hall–Kier alpha value is -8.19. The van der Waals surface area contributed by atoms with Gasteiger partial charge in [0, 0.05) is 0 Å². The molecule has 352 valence electrons. The third kappa shape index (κ3) is 15.2. The predicted octanol–water partition coefficient (Wildman–Crippen LogP) is 12.7. The minimum absolute atomic E-state index is 0.0255. The Morgan fingerprint density at radius 3 is 0.731 bits per heavy atom. The lowest BCUT2D eigenvalue weighted by atomic mass is 9.90. The predicted molar refractivity (Wildman–Crippen MR) is 188 cm³/mol. The molecule has 0 unspecified atom stereocenters. The number of halogens is 18. The SMILES string of the molecule is CC.CC.N#CCc1c(C#N)c(C#N)cc(C(F)(F)F)c1C(F)(F)F.N#CCc1c(C#N)c(C#N)cc(C(F)(F)F)c1C(F)(F)F.N#CCc1c(C(F)(F)F)c(C#N)cc(C#N)c1C(F)(F)F. The zero-order valence-corrected chi connectivity index (χ0v) is 33.7. The van der Waals surface area contributed by atoms with Crippen molar-refractivity contribution in [2.75, 3.05) is 0 Å². The number of benzene rings is 3. The van der Waals surface area contributed by atoms with Crippen LogP contribution in [0.3, 0.4) is 0 Å². The third-order valence-corrected chi connectivity index (χ3v) is 7.51. The smallest absolute Gasteiger partial charge is 0.198 e. The van der Waals surface area contributed by atoms with E-state index in [1.165, 1.54) is 42.5 Å². The molecular formula is C40H21F18N9. The summed E-state index contributed by atoms with van der Waals surface area (Å²) < 4.78 is 232. The fourth-order valence-corrected chi connectivity index (χ4v) is 5.33. The first-order valence-electron chi connectivity index (χ1n) is 17.3. The molecule has 3 rings (SSSR count). The Morgan fingerprint density at radius 1 is 0.313 bits per heavy atom. The maximum atomic E-state index is 12.9. The minimum atomic E-state index is -5.42. The molecule has 27 heteroatoms. The number of rotatable bonds is 3. The van der Waals surface area contributed by atoms with E-state index >= 15 is 0 Å². The van der Waals surface area contributed by atoms with E-state index in [1.807, 2.05) is 27.7 Å². The number of alkyl halides is 18. The van der Waals surface area contributed by atoms with Crippen molar-refractivity contribution >= 4 is 0 Å². The second kappa shape index (κ2) is 24.2. The molecule has 0 heterocycles. The number of hydrogen-bond donors (Lipinski definition) is 0. The van der Waals surface area contributed by atoms with E-state index in [0.29, 0.717) is 0 Å². The molecule has 0 radical (unpaired) electrons. The van der Waals surface area contributed by atoms with E-state index in [-0.39, 0.29) is 18.2 Å². The monoisotopic (exact) mass is 969 g/mol. The molecule has 9 nitrogen and oxygen atoms in total. The highest BCUT2D eigenvalue weighted by molar-refractivity contribution is 5.60. The van der Waals surface area contributed by atoms with Gasteiger partial charge in [0.2, 0.25) is 0 Å². The maximum absolute atomic E-state index is 12.9. The van der Waals surface area contributed by atoms with Crippen molar-refractivity contribution in [1.82, 2.24) is 0 Å². The summed E-state index contributed by atoms with van der Waals surface area (Å²) >= 11 is 0. The van der Waals surface area contributed by atoms with E-state index in [0.717, 1.165) is 12.1 Å². The van der Waals surface area contributed by atoms with Crippen LogP contribution in [0.5, 0.6) is 0 Å². The first-order chi connectivity index (χ1) is 30.7. The van der Waals surface area contributed by atoms with Gasteiger partial charge >= 0.3 is 37.1 Å². The summed E-state index contributed by atoms with van der Waals surface area (Å²) in [5.74, 6) is 0. The van der Waals surface area contributed by atoms with E-state index in [2.05, 4.69) is 0 Å². The van der Waals surface area contributed by atoms with Gasteiger partial charge in [-0.05, 0) is 34.9 Å². The van der Waals surface area contributed by atoms with Gasteiger partial charge in [-0.25, -0.2) is 0 Å². The zero-order valence-electron chi connectivity index (χ0n) is 33.7. The first-order valence-corrected chi connectivity index (χ1v) is 17.3. The average Bonchev–Trinajstić information content (AvgIpc) is 3.22. The molecule has 0 aliphatic rings. The Kier molecular flexibility index (Phi) is 22.0. The number of hydrogen-bond acceptors (Lipinski definition) is 9. The van der Waals surface area contributed by atoms with Gasteiger partial charge in [0.25, 0.3) is 0 Å². The standard InChI is InChI=1S/3C12H3F6N3.2C2H6/c13-11(14,15)9-6(4-20)3-7(5-21)10(12(16,17)18)8(9)1-2-19;2*13-11(14,15)9-3-6(4-20)8(5-21)7(1-2-19)10(9)12(16,17)18;2*1-2/h3*3H,1H2;2*1-2H3. The summed E-state index contributed by atoms with van der Waals surface area (Å²) in [5.41, 5.74) is -21.5. The van der Waals surface area contributed by atoms with Crippen LogP contribution in [-0.4, -0.2) is 0 Å². The van der Waals surface area contributed by atoms with Crippen LogP contribution in [0.25, 0.3) is 0 Å². The fraction of sp³-hybridized carbons (Fsp3) is 0.325. The van der Waals surface area contributed by atoms with Crippen LogP contribution in [-0.2, 0) is 56.3 Å². The molecule has 0 saturated carbocycles. The van der Waals surface area contributed by atoms with Crippen LogP contribution in [0.15, 0.2) is 18.2 Å². The summed E-state index contributed by atoms with van der Waals surface area (Å²) in [6, 6.07) is 11.1. The van der Waals surface area contributed by atoms with Crippen LogP contribution >= 0.6 is 0 Å². The Bertz CT molecular complexity index is 2500. The van der Waals surface area contributed by atoms with Crippen LogP contribution in [0.2, 0.25) is 0 Å². The zero-order chi connectivity index (χ0) is 53.3. The van der Waals surface area contributed by atoms with Crippen molar-refractivity contribution in [2.24, 2.45) is 0 Å². The van der Waals surface area contributed by atoms with Gasteiger partial charge in [-0.3, -0.25) is 0 Å². The quantitative estimate of drug-likeness (QED) is 0.228. The molecule has 0 spiro atoms. The van der Waals surface area contributed by atoms with E-state index in [4.69, 9.17) is 47.4 Å². The molecule has 0 aliphatic heterocycles. The highest BCUT2D eigenvalue weighted by atomic mass is 19.4. The molecule has 67 heavy (non-hydrogen) atoms. The second-order valence-electron chi connectivity index (χ2n) is 11.3. The molecule has 0 amide bonds. The van der Waals surface area contributed by atoms with Crippen LogP contribution < -0.4 is 0 Å². The minimum Gasteiger partial charge on any atom is -0.198 e. The van der Waals surface area contributed by atoms with Crippen molar-refractivity contribution in [3.05, 3.63) is 102 Å². The Balaban J connectivity index is 0. The maximum Gasteiger partial charge on any atom is 0.418 e. The van der Waals surface area contributed by atoms with Crippen molar-refractivity contribution in [1.29, 1.82) is 47.4 Å². The molecule has 0 aliphatic carbocycles. The van der Waals surface area contributed by atoms with Gasteiger partial charge in [0.1, 0.15) is 24.3 Å². The van der Waals surface area contributed by atoms with Gasteiger partial charge in [0.05, 0.1) is 116 Å². The lowest BCUT2D eigenvalue weighted by Crippen LogP contribution is -2.21. The van der Waals surface area contributed by atoms with Crippen molar-refractivity contribution in [3.8, 4) is 54.6 Å². The highest BCUT2D eigenvalue weighted by Gasteiger charge is 2.48. The summed E-state index contributed by atoms with van der Waals surface area (Å²) in [5, 5.41) is 77.7. The van der Waals surface area contributed by atoms with Gasteiger partial charge < -0.3 is 0 Å².